The molecular formula is C50H43BN2. The van der Waals surface area contributed by atoms with Crippen LogP contribution in [0.1, 0.15) is 76.3 Å². The fourth-order valence-corrected chi connectivity index (χ4v) is 10.5. The molecule has 0 saturated carbocycles. The van der Waals surface area contributed by atoms with Crippen molar-refractivity contribution in [2.45, 2.75) is 64.7 Å². The molecule has 3 heterocycles. The summed E-state index contributed by atoms with van der Waals surface area (Å²) in [5.41, 5.74) is 21.3. The van der Waals surface area contributed by atoms with Crippen LogP contribution in [0.2, 0.25) is 0 Å². The molecule has 0 amide bonds. The Kier molecular flexibility index (Phi) is 5.92. The van der Waals surface area contributed by atoms with E-state index in [9.17, 15) is 0 Å². The van der Waals surface area contributed by atoms with Crippen molar-refractivity contribution in [3.05, 3.63) is 161 Å². The van der Waals surface area contributed by atoms with Crippen molar-refractivity contribution in [2.24, 2.45) is 0 Å². The molecule has 0 fully saturated rings. The Morgan fingerprint density at radius 1 is 0.528 bits per heavy atom. The van der Waals surface area contributed by atoms with Gasteiger partial charge in [0.15, 0.2) is 0 Å². The van der Waals surface area contributed by atoms with Crippen LogP contribution in [-0.2, 0) is 16.2 Å². The summed E-state index contributed by atoms with van der Waals surface area (Å²) >= 11 is 0. The maximum Gasteiger partial charge on any atom is 0.333 e. The average molecular weight is 683 g/mol. The van der Waals surface area contributed by atoms with Crippen LogP contribution in [0.4, 0.5) is 28.4 Å². The van der Waals surface area contributed by atoms with Gasteiger partial charge in [-0.15, -0.1) is 0 Å². The molecule has 0 bridgehead atoms. The number of nitrogens with zero attached hydrogens (tertiary/aromatic N) is 2. The highest BCUT2D eigenvalue weighted by molar-refractivity contribution is 6.94. The number of fused-ring (bicyclic) bond motifs is 11. The first-order valence-corrected chi connectivity index (χ1v) is 19.2. The predicted molar refractivity (Wildman–Crippen MR) is 226 cm³/mol. The van der Waals surface area contributed by atoms with Gasteiger partial charge in [0.2, 0.25) is 0 Å². The molecule has 7 aromatic carbocycles. The molecule has 4 aliphatic rings. The number of hydrogen-bond acceptors (Lipinski definition) is 2. The lowest BCUT2D eigenvalue weighted by Crippen LogP contribution is -2.62. The zero-order valence-corrected chi connectivity index (χ0v) is 31.7. The van der Waals surface area contributed by atoms with Crippen LogP contribution in [0, 0.1) is 0 Å². The van der Waals surface area contributed by atoms with Crippen LogP contribution in [0.15, 0.2) is 133 Å². The smallest absolute Gasteiger partial charge is 0.333 e. The number of para-hydroxylation sites is 2. The molecule has 0 spiro atoms. The first kappa shape index (κ1) is 31.0. The highest BCUT2D eigenvalue weighted by atomic mass is 15.2. The molecule has 0 saturated heterocycles. The summed E-state index contributed by atoms with van der Waals surface area (Å²) in [5, 5.41) is 2.59. The van der Waals surface area contributed by atoms with E-state index in [1.165, 1.54) is 100 Å². The van der Waals surface area contributed by atoms with Crippen molar-refractivity contribution in [1.29, 1.82) is 0 Å². The van der Waals surface area contributed by atoms with Crippen LogP contribution in [0.25, 0.3) is 33.0 Å². The Bertz CT molecular complexity index is 2730. The van der Waals surface area contributed by atoms with Gasteiger partial charge in [0.05, 0.1) is 5.69 Å². The maximum absolute atomic E-state index is 2.70. The lowest BCUT2D eigenvalue weighted by molar-refractivity contribution is 0.590. The molecule has 0 aromatic heterocycles. The minimum absolute atomic E-state index is 0.0187. The van der Waals surface area contributed by atoms with Gasteiger partial charge in [-0.05, 0) is 108 Å². The molecule has 2 nitrogen and oxygen atoms in total. The third-order valence-corrected chi connectivity index (χ3v) is 13.2. The molecule has 3 heteroatoms. The Morgan fingerprint density at radius 2 is 1.21 bits per heavy atom. The van der Waals surface area contributed by atoms with Gasteiger partial charge in [-0.25, -0.2) is 0 Å². The van der Waals surface area contributed by atoms with Crippen molar-refractivity contribution in [1.82, 2.24) is 0 Å². The molecule has 1 aliphatic carbocycles. The van der Waals surface area contributed by atoms with Crippen LogP contribution in [-0.4, -0.2) is 6.85 Å². The topological polar surface area (TPSA) is 6.48 Å². The lowest BCUT2D eigenvalue weighted by atomic mass is 9.42. The third kappa shape index (κ3) is 3.90. The molecule has 7 aromatic rings. The van der Waals surface area contributed by atoms with Crippen LogP contribution in [0.5, 0.6) is 0 Å². The first-order valence-electron chi connectivity index (χ1n) is 19.2. The minimum Gasteiger partial charge on any atom is -0.376 e. The second-order valence-corrected chi connectivity index (χ2v) is 17.8. The fourth-order valence-electron chi connectivity index (χ4n) is 10.5. The summed E-state index contributed by atoms with van der Waals surface area (Å²) in [5.74, 6) is 0. The molecule has 53 heavy (non-hydrogen) atoms. The molecule has 0 radical (unpaired) electrons. The number of anilines is 5. The van der Waals surface area contributed by atoms with Gasteiger partial charge in [0.25, 0.3) is 0 Å². The summed E-state index contributed by atoms with van der Waals surface area (Å²) in [6.45, 7) is 16.5. The Balaban J connectivity index is 1.31. The summed E-state index contributed by atoms with van der Waals surface area (Å²) < 4.78 is 0. The van der Waals surface area contributed by atoms with Gasteiger partial charge < -0.3 is 9.71 Å². The van der Waals surface area contributed by atoms with E-state index < -0.39 is 0 Å². The molecule has 0 N–H and O–H groups in total. The molecule has 0 unspecified atom stereocenters. The van der Waals surface area contributed by atoms with Crippen LogP contribution >= 0.6 is 0 Å². The van der Waals surface area contributed by atoms with E-state index in [0.717, 1.165) is 0 Å². The lowest BCUT2D eigenvalue weighted by Gasteiger charge is -2.50. The van der Waals surface area contributed by atoms with E-state index in [1.54, 1.807) is 0 Å². The molecule has 256 valence electrons. The summed E-state index contributed by atoms with van der Waals surface area (Å²) in [7, 11) is 0. The Morgan fingerprint density at radius 3 is 2.00 bits per heavy atom. The number of rotatable bonds is 1. The van der Waals surface area contributed by atoms with E-state index in [-0.39, 0.29) is 23.1 Å². The largest absolute Gasteiger partial charge is 0.376 e. The van der Waals surface area contributed by atoms with Gasteiger partial charge in [-0.3, -0.25) is 0 Å². The SMILES string of the molecule is CC(C)(C)c1ccc(N2B3c4cccc5c4N(c4ccccc4C5(C)C)c4cc5ccccc5c(c43)-c3cc4c(cc32)C(C)(C)c2ccccc2-4)cc1. The maximum atomic E-state index is 2.70. The zero-order valence-electron chi connectivity index (χ0n) is 31.7. The highest BCUT2D eigenvalue weighted by Crippen LogP contribution is 2.58. The molecule has 11 rings (SSSR count). The second kappa shape index (κ2) is 10.1. The van der Waals surface area contributed by atoms with Crippen molar-refractivity contribution in [2.75, 3.05) is 9.71 Å². The highest BCUT2D eigenvalue weighted by Gasteiger charge is 2.50. The van der Waals surface area contributed by atoms with E-state index >= 15 is 0 Å². The van der Waals surface area contributed by atoms with E-state index in [1.807, 2.05) is 0 Å². The van der Waals surface area contributed by atoms with Gasteiger partial charge in [-0.2, -0.15) is 0 Å². The second-order valence-electron chi connectivity index (χ2n) is 17.8. The fraction of sp³-hybridized carbons (Fsp3) is 0.200. The summed E-state index contributed by atoms with van der Waals surface area (Å²) in [6, 6.07) is 51.4. The third-order valence-electron chi connectivity index (χ3n) is 13.2. The quantitative estimate of drug-likeness (QED) is 0.159. The van der Waals surface area contributed by atoms with Gasteiger partial charge >= 0.3 is 6.85 Å². The normalized spacial score (nSPS) is 16.4. The molecule has 0 atom stereocenters. The number of benzene rings is 7. The van der Waals surface area contributed by atoms with Gasteiger partial charge in [0, 0.05) is 39.1 Å². The minimum atomic E-state index is -0.155. The first-order chi connectivity index (χ1) is 25.5. The van der Waals surface area contributed by atoms with E-state index in [2.05, 4.69) is 192 Å². The Hall–Kier alpha value is -5.54. The summed E-state index contributed by atoms with van der Waals surface area (Å²) in [4.78, 5) is 5.31. The predicted octanol–water partition coefficient (Wildman–Crippen LogP) is 11.8. The van der Waals surface area contributed by atoms with Crippen LogP contribution in [0.3, 0.4) is 0 Å². The average Bonchev–Trinajstić information content (AvgIpc) is 3.38. The van der Waals surface area contributed by atoms with Crippen molar-refractivity contribution in [3.63, 3.8) is 0 Å². The monoisotopic (exact) mass is 682 g/mol. The van der Waals surface area contributed by atoms with Crippen molar-refractivity contribution in [3.8, 4) is 22.3 Å². The number of hydrogen-bond donors (Lipinski definition) is 0. The Labute approximate surface area is 313 Å². The van der Waals surface area contributed by atoms with Crippen molar-refractivity contribution < 1.29 is 0 Å². The van der Waals surface area contributed by atoms with Crippen molar-refractivity contribution >= 4 is 57.0 Å². The van der Waals surface area contributed by atoms with Crippen LogP contribution < -0.4 is 20.6 Å². The zero-order chi connectivity index (χ0) is 36.2. The molecule has 3 aliphatic heterocycles. The molecular weight excluding hydrogens is 639 g/mol. The van der Waals surface area contributed by atoms with E-state index in [4.69, 9.17) is 0 Å². The van der Waals surface area contributed by atoms with Gasteiger partial charge in [-0.1, -0.05) is 146 Å². The van der Waals surface area contributed by atoms with Gasteiger partial charge in [0.1, 0.15) is 0 Å². The van der Waals surface area contributed by atoms with E-state index in [0.29, 0.717) is 0 Å². The summed E-state index contributed by atoms with van der Waals surface area (Å²) in [6.07, 6.45) is 0. The standard InChI is InChI=1S/C50H43BN2/c1-48(2,3)31-23-25-32(26-24-31)53-43-29-40-35(34-17-10-11-18-37(34)49(40,4)5)28-36(43)45-33-16-9-8-15-30(33)27-44-46(45)51(53)41-21-14-20-39-47(41)52(44)42-22-13-12-19-38(42)50(39,6)7/h8-29H,1-7H3.